The molecule has 0 saturated heterocycles. The van der Waals surface area contributed by atoms with Gasteiger partial charge in [0, 0.05) is 16.9 Å². The molecule has 0 aliphatic heterocycles. The van der Waals surface area contributed by atoms with E-state index in [4.69, 9.17) is 9.47 Å². The second kappa shape index (κ2) is 9.53. The number of sulfonamides is 1. The second-order valence-corrected chi connectivity index (χ2v) is 8.40. The van der Waals surface area contributed by atoms with Gasteiger partial charge in [-0.05, 0) is 80.1 Å². The Hall–Kier alpha value is -3.52. The van der Waals surface area contributed by atoms with Crippen molar-refractivity contribution in [3.05, 3.63) is 77.9 Å². The summed E-state index contributed by atoms with van der Waals surface area (Å²) in [7, 11) is -2.34. The number of benzene rings is 3. The number of ether oxygens (including phenoxy) is 2. The molecule has 3 aromatic rings. The number of carbonyl (C=O) groups excluding carboxylic acids is 1. The lowest BCUT2D eigenvalue weighted by Gasteiger charge is -2.12. The van der Waals surface area contributed by atoms with Crippen LogP contribution in [0.2, 0.25) is 0 Å². The van der Waals surface area contributed by atoms with Gasteiger partial charge in [0.2, 0.25) is 0 Å². The molecular weight excluding hydrogens is 416 g/mol. The first kappa shape index (κ1) is 22.2. The third-order valence-corrected chi connectivity index (χ3v) is 5.91. The molecule has 0 saturated carbocycles. The minimum absolute atomic E-state index is 0.00855. The average Bonchev–Trinajstić information content (AvgIpc) is 2.75. The highest BCUT2D eigenvalue weighted by atomic mass is 32.2. The van der Waals surface area contributed by atoms with Gasteiger partial charge in [-0.3, -0.25) is 9.52 Å². The summed E-state index contributed by atoms with van der Waals surface area (Å²) < 4.78 is 38.6. The number of methoxy groups -OCH3 is 1. The van der Waals surface area contributed by atoms with Crippen LogP contribution >= 0.6 is 0 Å². The third kappa shape index (κ3) is 5.55. The van der Waals surface area contributed by atoms with Crippen molar-refractivity contribution < 1.29 is 22.7 Å². The standard InChI is InChI=1S/C23H24N2O5S/c1-4-30-20-12-6-17(7-13-20)24-23(26)22-15-21(14-5-16(22)2)31(27,28)25-18-8-10-19(29-3)11-9-18/h5-15,25H,4H2,1-3H3,(H,24,26). The van der Waals surface area contributed by atoms with E-state index in [0.29, 0.717) is 35.0 Å². The molecule has 0 aliphatic rings. The van der Waals surface area contributed by atoms with E-state index in [1.165, 1.54) is 19.2 Å². The molecule has 0 aromatic heterocycles. The van der Waals surface area contributed by atoms with Crippen molar-refractivity contribution in [2.75, 3.05) is 23.8 Å². The third-order valence-electron chi connectivity index (χ3n) is 4.53. The van der Waals surface area contributed by atoms with Gasteiger partial charge in [0.25, 0.3) is 15.9 Å². The fraction of sp³-hybridized carbons (Fsp3) is 0.174. The van der Waals surface area contributed by atoms with Crippen LogP contribution in [0.3, 0.4) is 0 Å². The van der Waals surface area contributed by atoms with Crippen molar-refractivity contribution in [2.45, 2.75) is 18.7 Å². The zero-order chi connectivity index (χ0) is 22.4. The highest BCUT2D eigenvalue weighted by molar-refractivity contribution is 7.92. The van der Waals surface area contributed by atoms with Crippen LogP contribution in [-0.4, -0.2) is 28.0 Å². The summed E-state index contributed by atoms with van der Waals surface area (Å²) in [5, 5.41) is 2.79. The summed E-state index contributed by atoms with van der Waals surface area (Å²) >= 11 is 0. The average molecular weight is 441 g/mol. The van der Waals surface area contributed by atoms with Gasteiger partial charge in [-0.1, -0.05) is 6.07 Å². The first-order chi connectivity index (χ1) is 14.8. The number of hydrogen-bond donors (Lipinski definition) is 2. The highest BCUT2D eigenvalue weighted by Gasteiger charge is 2.18. The number of rotatable bonds is 8. The summed E-state index contributed by atoms with van der Waals surface area (Å²) in [5.74, 6) is 0.920. The van der Waals surface area contributed by atoms with Gasteiger partial charge < -0.3 is 14.8 Å². The van der Waals surface area contributed by atoms with E-state index in [1.807, 2.05) is 6.92 Å². The van der Waals surface area contributed by atoms with E-state index in [2.05, 4.69) is 10.0 Å². The van der Waals surface area contributed by atoms with Gasteiger partial charge >= 0.3 is 0 Å². The van der Waals surface area contributed by atoms with Crippen LogP contribution in [0.25, 0.3) is 0 Å². The predicted octanol–water partition coefficient (Wildman–Crippen LogP) is 4.46. The van der Waals surface area contributed by atoms with Gasteiger partial charge in [0.05, 0.1) is 18.6 Å². The van der Waals surface area contributed by atoms with Crippen molar-refractivity contribution >= 4 is 27.3 Å². The van der Waals surface area contributed by atoms with Gasteiger partial charge in [0.15, 0.2) is 0 Å². The maximum Gasteiger partial charge on any atom is 0.261 e. The van der Waals surface area contributed by atoms with Crippen LogP contribution in [0, 0.1) is 6.92 Å². The molecule has 0 atom stereocenters. The number of nitrogens with one attached hydrogen (secondary N) is 2. The Morgan fingerprint density at radius 1 is 0.903 bits per heavy atom. The molecule has 0 spiro atoms. The second-order valence-electron chi connectivity index (χ2n) is 6.72. The Bertz CT molecular complexity index is 1160. The molecule has 0 fully saturated rings. The molecule has 31 heavy (non-hydrogen) atoms. The number of carbonyl (C=O) groups is 1. The van der Waals surface area contributed by atoms with Crippen molar-refractivity contribution in [1.29, 1.82) is 0 Å². The molecule has 0 unspecified atom stereocenters. The quantitative estimate of drug-likeness (QED) is 0.540. The minimum atomic E-state index is -3.88. The molecule has 3 aromatic carbocycles. The number of amides is 1. The van der Waals surface area contributed by atoms with E-state index in [0.717, 1.165) is 0 Å². The van der Waals surface area contributed by atoms with E-state index >= 15 is 0 Å². The van der Waals surface area contributed by atoms with Gasteiger partial charge in [-0.15, -0.1) is 0 Å². The van der Waals surface area contributed by atoms with Crippen molar-refractivity contribution in [3.8, 4) is 11.5 Å². The molecule has 0 aliphatic carbocycles. The fourth-order valence-electron chi connectivity index (χ4n) is 2.89. The summed E-state index contributed by atoms with van der Waals surface area (Å²) in [6.45, 7) is 4.19. The normalized spacial score (nSPS) is 10.9. The molecule has 162 valence electrons. The molecule has 8 heteroatoms. The Balaban J connectivity index is 1.80. The van der Waals surface area contributed by atoms with E-state index in [9.17, 15) is 13.2 Å². The molecular formula is C23H24N2O5S. The van der Waals surface area contributed by atoms with Crippen LogP contribution in [0.15, 0.2) is 71.6 Å². The number of hydrogen-bond acceptors (Lipinski definition) is 5. The summed E-state index contributed by atoms with van der Waals surface area (Å²) in [4.78, 5) is 12.8. The van der Waals surface area contributed by atoms with Crippen LogP contribution in [0.1, 0.15) is 22.8 Å². The zero-order valence-electron chi connectivity index (χ0n) is 17.5. The maximum absolute atomic E-state index is 12.8. The topological polar surface area (TPSA) is 93.7 Å². The van der Waals surface area contributed by atoms with Crippen LogP contribution < -0.4 is 19.5 Å². The predicted molar refractivity (Wildman–Crippen MR) is 121 cm³/mol. The van der Waals surface area contributed by atoms with Crippen molar-refractivity contribution in [3.63, 3.8) is 0 Å². The van der Waals surface area contributed by atoms with E-state index in [-0.39, 0.29) is 10.5 Å². The first-order valence-electron chi connectivity index (χ1n) is 9.64. The lowest BCUT2D eigenvalue weighted by Crippen LogP contribution is -2.17. The highest BCUT2D eigenvalue weighted by Crippen LogP contribution is 2.22. The molecule has 1 amide bonds. The summed E-state index contributed by atoms with van der Waals surface area (Å²) in [6.07, 6.45) is 0. The maximum atomic E-state index is 12.8. The molecule has 0 radical (unpaired) electrons. The first-order valence-corrected chi connectivity index (χ1v) is 11.1. The van der Waals surface area contributed by atoms with Crippen LogP contribution in [0.4, 0.5) is 11.4 Å². The van der Waals surface area contributed by atoms with E-state index < -0.39 is 15.9 Å². The summed E-state index contributed by atoms with van der Waals surface area (Å²) in [6, 6.07) is 17.9. The minimum Gasteiger partial charge on any atom is -0.497 e. The molecule has 2 N–H and O–H groups in total. The van der Waals surface area contributed by atoms with E-state index in [1.54, 1.807) is 61.5 Å². The largest absolute Gasteiger partial charge is 0.497 e. The number of anilines is 2. The molecule has 3 rings (SSSR count). The Morgan fingerprint density at radius 2 is 1.52 bits per heavy atom. The SMILES string of the molecule is CCOc1ccc(NC(=O)c2cc(S(=O)(=O)Nc3ccc(OC)cc3)ccc2C)cc1. The lowest BCUT2D eigenvalue weighted by molar-refractivity contribution is 0.102. The smallest absolute Gasteiger partial charge is 0.261 e. The van der Waals surface area contributed by atoms with Crippen molar-refractivity contribution in [2.24, 2.45) is 0 Å². The Kier molecular flexibility index (Phi) is 6.81. The van der Waals surface area contributed by atoms with Crippen molar-refractivity contribution in [1.82, 2.24) is 0 Å². The Morgan fingerprint density at radius 3 is 2.13 bits per heavy atom. The van der Waals surface area contributed by atoms with Crippen LogP contribution in [-0.2, 0) is 10.0 Å². The fourth-order valence-corrected chi connectivity index (χ4v) is 3.97. The van der Waals surface area contributed by atoms with Gasteiger partial charge in [-0.25, -0.2) is 8.42 Å². The molecule has 0 heterocycles. The monoisotopic (exact) mass is 440 g/mol. The summed E-state index contributed by atoms with van der Waals surface area (Å²) in [5.41, 5.74) is 1.90. The van der Waals surface area contributed by atoms with Gasteiger partial charge in [0.1, 0.15) is 11.5 Å². The van der Waals surface area contributed by atoms with Gasteiger partial charge in [-0.2, -0.15) is 0 Å². The Labute approximate surface area is 182 Å². The number of aryl methyl sites for hydroxylation is 1. The molecule has 0 bridgehead atoms. The van der Waals surface area contributed by atoms with Crippen LogP contribution in [0.5, 0.6) is 11.5 Å². The lowest BCUT2D eigenvalue weighted by atomic mass is 10.1. The molecule has 7 nitrogen and oxygen atoms in total. The zero-order valence-corrected chi connectivity index (χ0v) is 18.3.